The van der Waals surface area contributed by atoms with Crippen LogP contribution in [0.4, 0.5) is 0 Å². The van der Waals surface area contributed by atoms with Crippen molar-refractivity contribution >= 4 is 45.3 Å². The molecular formula is C50H78Cl2Si2Zr. The Labute approximate surface area is 361 Å². The van der Waals surface area contributed by atoms with Gasteiger partial charge in [-0.15, -0.1) is 0 Å². The molecule has 6 aliphatic carbocycles. The van der Waals surface area contributed by atoms with E-state index in [4.69, 9.17) is 17.0 Å². The molecule has 0 spiro atoms. The average Bonchev–Trinajstić information content (AvgIpc) is 3.83. The number of halogens is 2. The summed E-state index contributed by atoms with van der Waals surface area (Å²) in [6.07, 6.45) is 17.3. The van der Waals surface area contributed by atoms with Gasteiger partial charge in [-0.2, -0.15) is 0 Å². The van der Waals surface area contributed by atoms with Crippen molar-refractivity contribution in [2.75, 3.05) is 0 Å². The van der Waals surface area contributed by atoms with Gasteiger partial charge in [0.15, 0.2) is 0 Å². The zero-order valence-corrected chi connectivity index (χ0v) is 43.4. The van der Waals surface area contributed by atoms with Crippen molar-refractivity contribution in [2.24, 2.45) is 47.3 Å². The van der Waals surface area contributed by atoms with Crippen LogP contribution in [-0.2, 0) is 20.8 Å². The Morgan fingerprint density at radius 2 is 0.891 bits per heavy atom. The van der Waals surface area contributed by atoms with E-state index in [-0.39, 0.29) is 14.9 Å². The fourth-order valence-electron chi connectivity index (χ4n) is 15.1. The molecule has 2 aromatic rings. The number of fused-ring (bicyclic) bond motifs is 4. The Kier molecular flexibility index (Phi) is 16.4. The summed E-state index contributed by atoms with van der Waals surface area (Å²) in [6.45, 7) is 30.6. The number of rotatable bonds is 4. The van der Waals surface area contributed by atoms with Crippen molar-refractivity contribution in [1.29, 1.82) is 0 Å². The summed E-state index contributed by atoms with van der Waals surface area (Å²) < 4.78 is 0. The van der Waals surface area contributed by atoms with E-state index in [1.165, 1.54) is 47.9 Å². The van der Waals surface area contributed by atoms with Crippen LogP contribution in [0.1, 0.15) is 137 Å². The van der Waals surface area contributed by atoms with E-state index < -0.39 is 37.0 Å². The summed E-state index contributed by atoms with van der Waals surface area (Å²) in [5.74, 6) is 8.44. The van der Waals surface area contributed by atoms with Gasteiger partial charge in [-0.05, 0) is 132 Å². The second kappa shape index (κ2) is 19.0. The molecule has 12 atom stereocenters. The third-order valence-corrected chi connectivity index (χ3v) is 26.5. The third kappa shape index (κ3) is 8.84. The van der Waals surface area contributed by atoms with Gasteiger partial charge in [0.25, 0.3) is 0 Å². The molecule has 12 unspecified atom stereocenters. The monoisotopic (exact) mass is 894 g/mol. The predicted molar refractivity (Wildman–Crippen MR) is 250 cm³/mol. The summed E-state index contributed by atoms with van der Waals surface area (Å²) >= 11 is -0.826. The maximum atomic E-state index is 4.93. The molecule has 55 heavy (non-hydrogen) atoms. The standard InChI is InChI=1S/C24H44Si.C24H28Si.2CH3.2ClH.Zr/c2*1-15-9-7-11-19-21(15)13-17(3)23(19)25(5,6)24-18(4)14-22-16(2)10-8-12-20(22)24;;;;;/h15-24H,7-14H2,1-6H3;7-14,23-24H,1-6H3;2*1H3;2*1H;/q;;2*-1;;;+4/p-2. The molecule has 6 aliphatic rings. The molecular weight excluding hydrogens is 819 g/mol. The molecule has 2 aromatic carbocycles. The fraction of sp³-hybridized carbons (Fsp3) is 0.640. The summed E-state index contributed by atoms with van der Waals surface area (Å²) in [4.78, 5) is 0. The van der Waals surface area contributed by atoms with Gasteiger partial charge in [0.2, 0.25) is 0 Å². The van der Waals surface area contributed by atoms with Crippen LogP contribution in [0.2, 0.25) is 37.3 Å². The second-order valence-corrected chi connectivity index (χ2v) is 34.0. The van der Waals surface area contributed by atoms with E-state index in [0.29, 0.717) is 11.1 Å². The Hall–Kier alpha value is -0.183. The summed E-state index contributed by atoms with van der Waals surface area (Å²) in [5.41, 5.74) is 15.6. The molecule has 0 aliphatic heterocycles. The Bertz CT molecular complexity index is 1560. The van der Waals surface area contributed by atoms with Crippen LogP contribution in [-0.4, -0.2) is 16.1 Å². The number of aryl methyl sites for hydroxylation is 2. The molecule has 0 amide bonds. The molecule has 4 saturated carbocycles. The quantitative estimate of drug-likeness (QED) is 0.212. The first-order valence-electron chi connectivity index (χ1n) is 21.6. The van der Waals surface area contributed by atoms with Crippen LogP contribution >= 0.6 is 17.0 Å². The van der Waals surface area contributed by atoms with Gasteiger partial charge in [0.05, 0.1) is 16.1 Å². The van der Waals surface area contributed by atoms with Gasteiger partial charge < -0.3 is 14.9 Å². The number of allylic oxidation sites excluding steroid dienone is 2. The van der Waals surface area contributed by atoms with E-state index in [1.807, 2.05) is 0 Å². The summed E-state index contributed by atoms with van der Waals surface area (Å²) in [5, 5.41) is 0. The molecule has 0 radical (unpaired) electrons. The fourth-order valence-corrected chi connectivity index (χ4v) is 26.7. The van der Waals surface area contributed by atoms with Crippen LogP contribution in [0.3, 0.4) is 0 Å². The molecule has 0 heterocycles. The van der Waals surface area contributed by atoms with E-state index in [9.17, 15) is 0 Å². The first-order valence-corrected chi connectivity index (χ1v) is 34.2. The zero-order chi connectivity index (χ0) is 38.6. The normalized spacial score (nSPS) is 34.4. The summed E-state index contributed by atoms with van der Waals surface area (Å²) in [7, 11) is 6.98. The number of hydrogen-bond acceptors (Lipinski definition) is 0. The van der Waals surface area contributed by atoms with Crippen LogP contribution in [0.5, 0.6) is 0 Å². The van der Waals surface area contributed by atoms with E-state index >= 15 is 0 Å². The molecule has 5 heteroatoms. The van der Waals surface area contributed by atoms with Crippen molar-refractivity contribution < 1.29 is 20.8 Å². The minimum absolute atomic E-state index is 0. The minimum atomic E-state index is -1.65. The van der Waals surface area contributed by atoms with Gasteiger partial charge in [0, 0.05) is 11.1 Å². The molecule has 0 nitrogen and oxygen atoms in total. The third-order valence-electron chi connectivity index (χ3n) is 16.6. The molecule has 304 valence electrons. The molecule has 8 rings (SSSR count). The molecule has 0 saturated heterocycles. The Balaban J connectivity index is 0.000000221. The first kappa shape index (κ1) is 47.5. The predicted octanol–water partition coefficient (Wildman–Crippen LogP) is 16.7. The molecule has 0 bridgehead atoms. The number of hydrogen-bond donors (Lipinski definition) is 0. The van der Waals surface area contributed by atoms with Gasteiger partial charge in [-0.3, -0.25) is 0 Å². The van der Waals surface area contributed by atoms with Crippen molar-refractivity contribution in [1.82, 2.24) is 0 Å². The summed E-state index contributed by atoms with van der Waals surface area (Å²) in [6, 6.07) is 13.7. The van der Waals surface area contributed by atoms with Gasteiger partial charge in [-0.1, -0.05) is 152 Å². The zero-order valence-electron chi connectivity index (χ0n) is 37.5. The van der Waals surface area contributed by atoms with Crippen molar-refractivity contribution in [3.8, 4) is 0 Å². The van der Waals surface area contributed by atoms with Crippen LogP contribution < -0.4 is 0 Å². The molecule has 4 fully saturated rings. The van der Waals surface area contributed by atoms with Crippen molar-refractivity contribution in [2.45, 2.75) is 155 Å². The van der Waals surface area contributed by atoms with Crippen LogP contribution in [0, 0.1) is 76.0 Å². The van der Waals surface area contributed by atoms with E-state index in [1.54, 1.807) is 48.0 Å². The van der Waals surface area contributed by atoms with E-state index in [0.717, 1.165) is 58.4 Å². The van der Waals surface area contributed by atoms with Crippen molar-refractivity contribution in [3.63, 3.8) is 0 Å². The molecule has 0 aromatic heterocycles. The second-order valence-electron chi connectivity index (χ2n) is 20.5. The maximum absolute atomic E-state index is 4.93. The average molecular weight is 897 g/mol. The Morgan fingerprint density at radius 1 is 0.527 bits per heavy atom. The van der Waals surface area contributed by atoms with Crippen LogP contribution in [0.25, 0.3) is 12.2 Å². The van der Waals surface area contributed by atoms with Gasteiger partial charge in [0.1, 0.15) is 0 Å². The topological polar surface area (TPSA) is 0 Å². The SMILES string of the molecule is CC1=Cc2c(C)cccc2C1[Si](C)(C)C1C(C)=Cc2c(C)cccc21.CC1CCCC2C1CC(C)C2[Si](C)(C)C1C(C)CC2C(C)CCCC21.[CH3-].[CH3-].[Cl][Zr+2][Cl]. The van der Waals surface area contributed by atoms with Crippen molar-refractivity contribution in [3.05, 3.63) is 95.8 Å². The number of benzene rings is 2. The Morgan fingerprint density at radius 3 is 1.25 bits per heavy atom. The first-order chi connectivity index (χ1) is 25.1. The molecule has 0 N–H and O–H groups in total. The van der Waals surface area contributed by atoms with E-state index in [2.05, 4.69) is 130 Å². The van der Waals surface area contributed by atoms with Gasteiger partial charge >= 0.3 is 37.9 Å². The van der Waals surface area contributed by atoms with Gasteiger partial charge in [-0.25, -0.2) is 0 Å². The van der Waals surface area contributed by atoms with Crippen LogP contribution in [0.15, 0.2) is 47.5 Å².